The van der Waals surface area contributed by atoms with E-state index in [0.29, 0.717) is 22.5 Å². The zero-order valence-corrected chi connectivity index (χ0v) is 16.1. The van der Waals surface area contributed by atoms with Gasteiger partial charge in [-0.05, 0) is 32.9 Å². The molecule has 2 aromatic rings. The molecular formula is C20H23FN2O5. The van der Waals surface area contributed by atoms with E-state index in [2.05, 4.69) is 5.32 Å². The van der Waals surface area contributed by atoms with Crippen molar-refractivity contribution in [1.29, 1.82) is 0 Å². The van der Waals surface area contributed by atoms with E-state index in [1.165, 1.54) is 6.07 Å². The first-order valence-corrected chi connectivity index (χ1v) is 8.83. The monoisotopic (exact) mass is 390 g/mol. The zero-order chi connectivity index (χ0) is 20.7. The van der Waals surface area contributed by atoms with Gasteiger partial charge in [-0.25, -0.2) is 9.18 Å². The lowest BCUT2D eigenvalue weighted by molar-refractivity contribution is -0.149. The van der Waals surface area contributed by atoms with Gasteiger partial charge >= 0.3 is 11.9 Å². The van der Waals surface area contributed by atoms with Gasteiger partial charge in [0.1, 0.15) is 12.4 Å². The van der Waals surface area contributed by atoms with E-state index >= 15 is 0 Å². The molecule has 0 aliphatic heterocycles. The molecule has 0 saturated heterocycles. The fourth-order valence-electron chi connectivity index (χ4n) is 2.67. The van der Waals surface area contributed by atoms with Crippen molar-refractivity contribution in [3.05, 3.63) is 58.7 Å². The Morgan fingerprint density at radius 3 is 2.54 bits per heavy atom. The third-order valence-corrected chi connectivity index (χ3v) is 4.15. The van der Waals surface area contributed by atoms with Gasteiger partial charge in [-0.15, -0.1) is 0 Å². The van der Waals surface area contributed by atoms with Crippen molar-refractivity contribution in [3.63, 3.8) is 0 Å². The van der Waals surface area contributed by atoms with Gasteiger partial charge in [0.25, 0.3) is 5.91 Å². The summed E-state index contributed by atoms with van der Waals surface area (Å²) in [5, 5.41) is 2.49. The van der Waals surface area contributed by atoms with Crippen molar-refractivity contribution in [3.8, 4) is 0 Å². The van der Waals surface area contributed by atoms with Crippen molar-refractivity contribution < 1.29 is 28.2 Å². The van der Waals surface area contributed by atoms with E-state index < -0.39 is 30.3 Å². The van der Waals surface area contributed by atoms with Gasteiger partial charge in [0.15, 0.2) is 6.61 Å². The van der Waals surface area contributed by atoms with Crippen molar-refractivity contribution in [2.75, 3.05) is 13.2 Å². The first-order chi connectivity index (χ1) is 13.3. The minimum atomic E-state index is -0.627. The average Bonchev–Trinajstić information content (AvgIpc) is 2.94. The molecule has 1 aromatic heterocycles. The maximum absolute atomic E-state index is 13.5. The predicted molar refractivity (Wildman–Crippen MR) is 99.1 cm³/mol. The van der Waals surface area contributed by atoms with Crippen LogP contribution in [0.25, 0.3) is 0 Å². The smallest absolute Gasteiger partial charge is 0.339 e. The summed E-state index contributed by atoms with van der Waals surface area (Å²) >= 11 is 0. The van der Waals surface area contributed by atoms with Crippen LogP contribution in [0.2, 0.25) is 0 Å². The van der Waals surface area contributed by atoms with Crippen molar-refractivity contribution in [1.82, 2.24) is 9.88 Å². The third-order valence-electron chi connectivity index (χ3n) is 4.15. The molecular weight excluding hydrogens is 367 g/mol. The number of benzene rings is 1. The summed E-state index contributed by atoms with van der Waals surface area (Å²) in [5.41, 5.74) is 2.00. The van der Waals surface area contributed by atoms with E-state index in [1.807, 2.05) is 0 Å². The molecule has 0 radical (unpaired) electrons. The minimum Gasteiger partial charge on any atom is -0.462 e. The molecule has 7 nitrogen and oxygen atoms in total. The summed E-state index contributed by atoms with van der Waals surface area (Å²) in [7, 11) is 0. The van der Waals surface area contributed by atoms with Crippen LogP contribution in [0.3, 0.4) is 0 Å². The molecule has 1 heterocycles. The van der Waals surface area contributed by atoms with Crippen LogP contribution in [0.1, 0.15) is 34.2 Å². The molecule has 150 valence electrons. The lowest BCUT2D eigenvalue weighted by Crippen LogP contribution is -2.29. The zero-order valence-electron chi connectivity index (χ0n) is 16.1. The Hall–Kier alpha value is -3.16. The fourth-order valence-corrected chi connectivity index (χ4v) is 2.67. The third kappa shape index (κ3) is 5.42. The molecule has 8 heteroatoms. The number of nitrogens with zero attached hydrogens (tertiary/aromatic N) is 1. The maximum atomic E-state index is 13.5. The Bertz CT molecular complexity index is 875. The van der Waals surface area contributed by atoms with E-state index in [-0.39, 0.29) is 19.7 Å². The molecule has 0 spiro atoms. The van der Waals surface area contributed by atoms with Gasteiger partial charge in [0.2, 0.25) is 0 Å². The molecule has 2 rings (SSSR count). The Morgan fingerprint density at radius 2 is 1.86 bits per heavy atom. The second kappa shape index (κ2) is 9.68. The van der Waals surface area contributed by atoms with Gasteiger partial charge in [-0.3, -0.25) is 9.59 Å². The molecule has 1 aromatic carbocycles. The number of hydrogen-bond acceptors (Lipinski definition) is 5. The summed E-state index contributed by atoms with van der Waals surface area (Å²) in [4.78, 5) is 35.8. The lowest BCUT2D eigenvalue weighted by atomic mass is 10.2. The number of carbonyl (C=O) groups excluding carboxylic acids is 3. The number of amides is 1. The Balaban J connectivity index is 1.86. The van der Waals surface area contributed by atoms with E-state index in [0.717, 1.165) is 0 Å². The summed E-state index contributed by atoms with van der Waals surface area (Å²) in [6.07, 6.45) is 0. The maximum Gasteiger partial charge on any atom is 0.339 e. The van der Waals surface area contributed by atoms with E-state index in [1.54, 1.807) is 49.6 Å². The number of ether oxygens (including phenoxy) is 2. The number of hydrogen-bond donors (Lipinski definition) is 1. The quantitative estimate of drug-likeness (QED) is 0.699. The molecule has 0 aliphatic rings. The molecule has 0 bridgehead atoms. The number of rotatable bonds is 8. The standard InChI is InChI=1S/C20H23FN2O5/c1-4-27-20(26)16-9-13(2)23(14(16)3)11-19(25)28-12-18(24)22-10-15-7-5-6-8-17(15)21/h5-9H,4,10-12H2,1-3H3,(H,22,24). The summed E-state index contributed by atoms with van der Waals surface area (Å²) in [6, 6.07) is 7.72. The van der Waals surface area contributed by atoms with Gasteiger partial charge in [0, 0.05) is 23.5 Å². The molecule has 0 unspecified atom stereocenters. The molecule has 1 amide bonds. The van der Waals surface area contributed by atoms with Crippen LogP contribution in [0.4, 0.5) is 4.39 Å². The van der Waals surface area contributed by atoms with Crippen LogP contribution in [0.5, 0.6) is 0 Å². The second-order valence-electron chi connectivity index (χ2n) is 6.12. The van der Waals surface area contributed by atoms with Crippen molar-refractivity contribution >= 4 is 17.8 Å². The van der Waals surface area contributed by atoms with Gasteiger partial charge in [0.05, 0.1) is 12.2 Å². The van der Waals surface area contributed by atoms with Gasteiger partial charge in [-0.1, -0.05) is 18.2 Å². The molecule has 0 fully saturated rings. The number of carbonyl (C=O) groups is 3. The fraction of sp³-hybridized carbons (Fsp3) is 0.350. The normalized spacial score (nSPS) is 10.4. The van der Waals surface area contributed by atoms with Crippen molar-refractivity contribution in [2.45, 2.75) is 33.9 Å². The first kappa shape index (κ1) is 21.1. The number of nitrogens with one attached hydrogen (secondary N) is 1. The number of halogens is 1. The van der Waals surface area contributed by atoms with Gasteiger partial charge in [-0.2, -0.15) is 0 Å². The van der Waals surface area contributed by atoms with Gasteiger partial charge < -0.3 is 19.4 Å². The largest absolute Gasteiger partial charge is 0.462 e. The Morgan fingerprint density at radius 1 is 1.14 bits per heavy atom. The van der Waals surface area contributed by atoms with Crippen LogP contribution >= 0.6 is 0 Å². The van der Waals surface area contributed by atoms with Crippen LogP contribution in [-0.2, 0) is 32.2 Å². The first-order valence-electron chi connectivity index (χ1n) is 8.83. The molecule has 1 N–H and O–H groups in total. The highest BCUT2D eigenvalue weighted by Crippen LogP contribution is 2.16. The van der Waals surface area contributed by atoms with E-state index in [9.17, 15) is 18.8 Å². The van der Waals surface area contributed by atoms with E-state index in [4.69, 9.17) is 9.47 Å². The highest BCUT2D eigenvalue weighted by atomic mass is 19.1. The Kier molecular flexibility index (Phi) is 7.31. The molecule has 0 atom stereocenters. The SMILES string of the molecule is CCOC(=O)c1cc(C)n(CC(=O)OCC(=O)NCc2ccccc2F)c1C. The van der Waals surface area contributed by atoms with Crippen LogP contribution in [-0.4, -0.2) is 35.6 Å². The average molecular weight is 390 g/mol. The molecule has 0 aliphatic carbocycles. The van der Waals surface area contributed by atoms with Crippen LogP contribution < -0.4 is 5.32 Å². The molecule has 28 heavy (non-hydrogen) atoms. The topological polar surface area (TPSA) is 86.6 Å². The summed E-state index contributed by atoms with van der Waals surface area (Å²) < 4.78 is 25.1. The highest BCUT2D eigenvalue weighted by molar-refractivity contribution is 5.91. The second-order valence-corrected chi connectivity index (χ2v) is 6.12. The van der Waals surface area contributed by atoms with Crippen LogP contribution in [0, 0.1) is 19.7 Å². The number of aromatic nitrogens is 1. The Labute approximate surface area is 162 Å². The summed E-state index contributed by atoms with van der Waals surface area (Å²) in [6.45, 7) is 4.81. The minimum absolute atomic E-state index is 0.00176. The summed E-state index contributed by atoms with van der Waals surface area (Å²) in [5.74, 6) is -2.04. The number of aryl methyl sites for hydroxylation is 1. The number of esters is 2. The molecule has 0 saturated carbocycles. The highest BCUT2D eigenvalue weighted by Gasteiger charge is 2.19. The lowest BCUT2D eigenvalue weighted by Gasteiger charge is -2.10. The predicted octanol–water partition coefficient (Wildman–Crippen LogP) is 2.28. The van der Waals surface area contributed by atoms with Crippen molar-refractivity contribution in [2.24, 2.45) is 0 Å². The van der Waals surface area contributed by atoms with Crippen LogP contribution in [0.15, 0.2) is 30.3 Å².